The van der Waals surface area contributed by atoms with E-state index in [-0.39, 0.29) is 5.92 Å². The number of aromatic nitrogens is 1. The van der Waals surface area contributed by atoms with Gasteiger partial charge >= 0.3 is 0 Å². The van der Waals surface area contributed by atoms with Gasteiger partial charge in [-0.25, -0.2) is 0 Å². The maximum absolute atomic E-state index is 10.1. The molecule has 3 N–H and O–H groups in total. The Kier molecular flexibility index (Phi) is 4.87. The SMILES string of the molecule is C=C[C@@](O)(CC)CCC(C#N)c1ccc(N)cn1. The summed E-state index contributed by atoms with van der Waals surface area (Å²) in [6, 6.07) is 5.69. The number of hydrogen-bond donors (Lipinski definition) is 2. The van der Waals surface area contributed by atoms with Gasteiger partial charge in [0.1, 0.15) is 0 Å². The number of rotatable bonds is 6. The second kappa shape index (κ2) is 6.18. The van der Waals surface area contributed by atoms with Gasteiger partial charge in [-0.2, -0.15) is 5.26 Å². The fourth-order valence-electron chi connectivity index (χ4n) is 1.72. The standard InChI is InChI=1S/C14H19N3O/c1-3-14(18,4-2)8-7-11(9-15)13-6-5-12(16)10-17-13/h3,5-6,10-11,18H,1,4,7-8,16H2,2H3/t11?,14-/m1/s1. The molecule has 1 rings (SSSR count). The second-order valence-electron chi connectivity index (χ2n) is 4.40. The van der Waals surface area contributed by atoms with Crippen molar-refractivity contribution >= 4 is 5.69 Å². The molecule has 0 spiro atoms. The Labute approximate surface area is 108 Å². The van der Waals surface area contributed by atoms with Gasteiger partial charge in [0.25, 0.3) is 0 Å². The first kappa shape index (κ1) is 14.2. The summed E-state index contributed by atoms with van der Waals surface area (Å²) < 4.78 is 0. The van der Waals surface area contributed by atoms with Crippen molar-refractivity contribution in [3.63, 3.8) is 0 Å². The summed E-state index contributed by atoms with van der Waals surface area (Å²) in [5, 5.41) is 19.3. The largest absolute Gasteiger partial charge is 0.397 e. The fourth-order valence-corrected chi connectivity index (χ4v) is 1.72. The van der Waals surface area contributed by atoms with E-state index >= 15 is 0 Å². The van der Waals surface area contributed by atoms with Crippen LogP contribution < -0.4 is 5.73 Å². The molecule has 1 aromatic rings. The van der Waals surface area contributed by atoms with E-state index in [1.807, 2.05) is 6.92 Å². The Hall–Kier alpha value is -1.86. The van der Waals surface area contributed by atoms with Crippen molar-refractivity contribution in [2.24, 2.45) is 0 Å². The topological polar surface area (TPSA) is 82.9 Å². The van der Waals surface area contributed by atoms with Crippen LogP contribution in [0.4, 0.5) is 5.69 Å². The molecule has 4 nitrogen and oxygen atoms in total. The number of anilines is 1. The lowest BCUT2D eigenvalue weighted by Crippen LogP contribution is -2.24. The zero-order valence-electron chi connectivity index (χ0n) is 10.6. The number of pyridine rings is 1. The Morgan fingerprint density at radius 1 is 1.67 bits per heavy atom. The van der Waals surface area contributed by atoms with Crippen molar-refractivity contribution < 1.29 is 5.11 Å². The minimum atomic E-state index is -0.900. The minimum Gasteiger partial charge on any atom is -0.397 e. The molecule has 0 fully saturated rings. The lowest BCUT2D eigenvalue weighted by molar-refractivity contribution is 0.0746. The van der Waals surface area contributed by atoms with Crippen LogP contribution in [-0.2, 0) is 0 Å². The zero-order valence-corrected chi connectivity index (χ0v) is 10.6. The van der Waals surface area contributed by atoms with Crippen molar-refractivity contribution in [1.82, 2.24) is 4.98 Å². The summed E-state index contributed by atoms with van der Waals surface area (Å²) >= 11 is 0. The molecule has 4 heteroatoms. The van der Waals surface area contributed by atoms with Gasteiger partial charge < -0.3 is 10.8 Å². The van der Waals surface area contributed by atoms with Gasteiger partial charge in [-0.05, 0) is 31.4 Å². The smallest absolute Gasteiger partial charge is 0.0886 e. The van der Waals surface area contributed by atoms with E-state index in [0.29, 0.717) is 30.6 Å². The molecule has 96 valence electrons. The predicted octanol–water partition coefficient (Wildman–Crippen LogP) is 2.38. The van der Waals surface area contributed by atoms with Crippen LogP contribution in [0.1, 0.15) is 37.8 Å². The maximum Gasteiger partial charge on any atom is 0.0886 e. The van der Waals surface area contributed by atoms with Crippen molar-refractivity contribution in [2.45, 2.75) is 37.7 Å². The summed E-state index contributed by atoms with van der Waals surface area (Å²) in [5.41, 5.74) is 5.92. The molecule has 0 aliphatic heterocycles. The van der Waals surface area contributed by atoms with Gasteiger partial charge in [-0.3, -0.25) is 4.98 Å². The summed E-state index contributed by atoms with van der Waals surface area (Å²) in [6.07, 6.45) is 4.71. The normalized spacial score (nSPS) is 15.4. The lowest BCUT2D eigenvalue weighted by atomic mass is 9.89. The molecule has 1 aromatic heterocycles. The lowest BCUT2D eigenvalue weighted by Gasteiger charge is -2.23. The van der Waals surface area contributed by atoms with Crippen LogP contribution >= 0.6 is 0 Å². The van der Waals surface area contributed by atoms with E-state index in [1.165, 1.54) is 6.08 Å². The average molecular weight is 245 g/mol. The van der Waals surface area contributed by atoms with Gasteiger partial charge in [-0.1, -0.05) is 13.0 Å². The van der Waals surface area contributed by atoms with E-state index in [0.717, 1.165) is 0 Å². The molecule has 0 saturated carbocycles. The molecule has 1 heterocycles. The molecule has 0 radical (unpaired) electrons. The number of nitrogens with two attached hydrogens (primary N) is 1. The first-order chi connectivity index (χ1) is 8.54. The van der Waals surface area contributed by atoms with Crippen LogP contribution in [0.15, 0.2) is 31.0 Å². The van der Waals surface area contributed by atoms with Crippen molar-refractivity contribution in [3.8, 4) is 6.07 Å². The van der Waals surface area contributed by atoms with E-state index < -0.39 is 5.60 Å². The average Bonchev–Trinajstić information content (AvgIpc) is 2.41. The molecule has 0 amide bonds. The third-order valence-corrected chi connectivity index (χ3v) is 3.18. The molecule has 0 aliphatic carbocycles. The highest BCUT2D eigenvalue weighted by Crippen LogP contribution is 2.26. The molecular weight excluding hydrogens is 226 g/mol. The molecule has 0 aliphatic rings. The van der Waals surface area contributed by atoms with E-state index in [9.17, 15) is 5.11 Å². The number of hydrogen-bond acceptors (Lipinski definition) is 4. The van der Waals surface area contributed by atoms with E-state index in [1.54, 1.807) is 18.3 Å². The second-order valence-corrected chi connectivity index (χ2v) is 4.40. The van der Waals surface area contributed by atoms with E-state index in [2.05, 4.69) is 17.6 Å². The predicted molar refractivity (Wildman–Crippen MR) is 71.7 cm³/mol. The molecule has 2 atom stereocenters. The molecule has 0 saturated heterocycles. The van der Waals surface area contributed by atoms with Crippen LogP contribution in [0.5, 0.6) is 0 Å². The summed E-state index contributed by atoms with van der Waals surface area (Å²) in [4.78, 5) is 4.15. The number of nitrogens with zero attached hydrogens (tertiary/aromatic N) is 2. The Bertz CT molecular complexity index is 435. The zero-order chi connectivity index (χ0) is 13.6. The van der Waals surface area contributed by atoms with Crippen molar-refractivity contribution in [2.75, 3.05) is 5.73 Å². The first-order valence-corrected chi connectivity index (χ1v) is 6.01. The van der Waals surface area contributed by atoms with Gasteiger partial charge in [0.15, 0.2) is 0 Å². The van der Waals surface area contributed by atoms with Crippen LogP contribution in [0.3, 0.4) is 0 Å². The molecular formula is C14H19N3O. The van der Waals surface area contributed by atoms with Gasteiger partial charge in [0.05, 0.1) is 35.2 Å². The van der Waals surface area contributed by atoms with Gasteiger partial charge in [-0.15, -0.1) is 6.58 Å². The highest BCUT2D eigenvalue weighted by atomic mass is 16.3. The van der Waals surface area contributed by atoms with Crippen LogP contribution in [0.25, 0.3) is 0 Å². The van der Waals surface area contributed by atoms with Gasteiger partial charge in [0, 0.05) is 0 Å². The number of nitriles is 1. The highest BCUT2D eigenvalue weighted by Gasteiger charge is 2.23. The fraction of sp³-hybridized carbons (Fsp3) is 0.429. The monoisotopic (exact) mass is 245 g/mol. The Morgan fingerprint density at radius 3 is 2.83 bits per heavy atom. The van der Waals surface area contributed by atoms with E-state index in [4.69, 9.17) is 11.0 Å². The summed E-state index contributed by atoms with van der Waals surface area (Å²) in [5.74, 6) is -0.330. The molecule has 18 heavy (non-hydrogen) atoms. The third kappa shape index (κ3) is 3.57. The molecule has 1 unspecified atom stereocenters. The third-order valence-electron chi connectivity index (χ3n) is 3.18. The van der Waals surface area contributed by atoms with Gasteiger partial charge in [0.2, 0.25) is 0 Å². The highest BCUT2D eigenvalue weighted by molar-refractivity contribution is 5.36. The molecule has 0 bridgehead atoms. The van der Waals surface area contributed by atoms with Crippen molar-refractivity contribution in [1.29, 1.82) is 5.26 Å². The first-order valence-electron chi connectivity index (χ1n) is 6.01. The van der Waals surface area contributed by atoms with Crippen molar-refractivity contribution in [3.05, 3.63) is 36.7 Å². The Morgan fingerprint density at radius 2 is 2.39 bits per heavy atom. The summed E-state index contributed by atoms with van der Waals surface area (Å²) in [6.45, 7) is 5.52. The van der Waals surface area contributed by atoms with Crippen LogP contribution in [0.2, 0.25) is 0 Å². The number of aliphatic hydroxyl groups is 1. The Balaban J connectivity index is 2.72. The molecule has 0 aromatic carbocycles. The number of nitrogen functional groups attached to an aromatic ring is 1. The quantitative estimate of drug-likeness (QED) is 0.754. The van der Waals surface area contributed by atoms with Crippen LogP contribution in [0, 0.1) is 11.3 Å². The van der Waals surface area contributed by atoms with Crippen LogP contribution in [-0.4, -0.2) is 15.7 Å². The maximum atomic E-state index is 10.1. The summed E-state index contributed by atoms with van der Waals surface area (Å²) in [7, 11) is 0. The minimum absolute atomic E-state index is 0.330.